The molecule has 1 aliphatic heterocycles. The van der Waals surface area contributed by atoms with Gasteiger partial charge in [-0.05, 0) is 25.0 Å². The van der Waals surface area contributed by atoms with Crippen LogP contribution in [-0.4, -0.2) is 44.1 Å². The summed E-state index contributed by atoms with van der Waals surface area (Å²) in [5.41, 5.74) is 7.75. The maximum Gasteiger partial charge on any atom is 0.169 e. The Kier molecular flexibility index (Phi) is 5.46. The van der Waals surface area contributed by atoms with E-state index in [2.05, 4.69) is 0 Å². The lowest BCUT2D eigenvalue weighted by atomic mass is 10.0. The second-order valence-electron chi connectivity index (χ2n) is 5.48. The Balaban J connectivity index is 2.47. The van der Waals surface area contributed by atoms with Gasteiger partial charge >= 0.3 is 0 Å². The Morgan fingerprint density at radius 3 is 2.86 bits per heavy atom. The van der Waals surface area contributed by atoms with Crippen LogP contribution in [0.3, 0.4) is 0 Å². The molecule has 2 atom stereocenters. The van der Waals surface area contributed by atoms with Crippen LogP contribution in [0, 0.1) is 0 Å². The van der Waals surface area contributed by atoms with Crippen molar-refractivity contribution >= 4 is 38.9 Å². The number of halogens is 1. The highest BCUT2D eigenvalue weighted by molar-refractivity contribution is 8.01. The van der Waals surface area contributed by atoms with E-state index in [1.54, 1.807) is 11.8 Å². The molecule has 0 spiro atoms. The molecular formula is C14H21ClN2O2S2. The average molecular weight is 349 g/mol. The highest BCUT2D eigenvalue weighted by Gasteiger charge is 2.33. The molecule has 4 nitrogen and oxygen atoms in total. The minimum Gasteiger partial charge on any atom is -0.352 e. The molecule has 1 aromatic rings. The zero-order valence-corrected chi connectivity index (χ0v) is 14.6. The van der Waals surface area contributed by atoms with Crippen molar-refractivity contribution in [2.45, 2.75) is 24.8 Å². The van der Waals surface area contributed by atoms with Crippen LogP contribution in [0.2, 0.25) is 5.02 Å². The third kappa shape index (κ3) is 4.06. The number of anilines is 1. The minimum absolute atomic E-state index is 0.00179. The summed E-state index contributed by atoms with van der Waals surface area (Å²) < 4.78 is 24.2. The Bertz CT molecular complexity index is 605. The van der Waals surface area contributed by atoms with Crippen molar-refractivity contribution < 1.29 is 8.42 Å². The van der Waals surface area contributed by atoms with Crippen molar-refractivity contribution in [2.24, 2.45) is 5.73 Å². The number of benzene rings is 1. The number of nitrogens with zero attached hydrogens (tertiary/aromatic N) is 1. The van der Waals surface area contributed by atoms with Gasteiger partial charge in [0.05, 0.1) is 10.7 Å². The predicted octanol–water partition coefficient (Wildman–Crippen LogP) is 2.15. The van der Waals surface area contributed by atoms with E-state index in [4.69, 9.17) is 17.3 Å². The van der Waals surface area contributed by atoms with Gasteiger partial charge in [-0.1, -0.05) is 23.7 Å². The monoisotopic (exact) mass is 348 g/mol. The van der Waals surface area contributed by atoms with Gasteiger partial charge in [0.15, 0.2) is 9.84 Å². The smallest absolute Gasteiger partial charge is 0.169 e. The largest absolute Gasteiger partial charge is 0.352 e. The zero-order valence-electron chi connectivity index (χ0n) is 12.3. The predicted molar refractivity (Wildman–Crippen MR) is 92.1 cm³/mol. The first-order chi connectivity index (χ1) is 9.80. The number of rotatable bonds is 4. The first-order valence-corrected chi connectivity index (χ1v) is 10.4. The van der Waals surface area contributed by atoms with Crippen LogP contribution in [0.5, 0.6) is 0 Å². The Labute approximate surface area is 135 Å². The number of hydrogen-bond donors (Lipinski definition) is 1. The van der Waals surface area contributed by atoms with E-state index in [-0.39, 0.29) is 6.04 Å². The molecule has 2 rings (SSSR count). The van der Waals surface area contributed by atoms with Crippen molar-refractivity contribution in [1.29, 1.82) is 0 Å². The maximum absolute atomic E-state index is 12.1. The van der Waals surface area contributed by atoms with Gasteiger partial charge in [-0.2, -0.15) is 11.8 Å². The normalized spacial score (nSPS) is 21.3. The van der Waals surface area contributed by atoms with E-state index < -0.39 is 15.2 Å². The zero-order chi connectivity index (χ0) is 15.6. The number of thioether (sulfide) groups is 1. The van der Waals surface area contributed by atoms with E-state index in [9.17, 15) is 8.42 Å². The molecule has 1 heterocycles. The van der Waals surface area contributed by atoms with Crippen LogP contribution >= 0.6 is 23.4 Å². The van der Waals surface area contributed by atoms with Crippen molar-refractivity contribution in [3.05, 3.63) is 28.8 Å². The molecule has 2 N–H and O–H groups in total. The van der Waals surface area contributed by atoms with Crippen LogP contribution in [0.25, 0.3) is 0 Å². The summed E-state index contributed by atoms with van der Waals surface area (Å²) in [6.45, 7) is 2.61. The molecule has 0 amide bonds. The molecule has 1 aromatic carbocycles. The molecule has 1 saturated heterocycles. The lowest BCUT2D eigenvalue weighted by Crippen LogP contribution is -2.47. The Morgan fingerprint density at radius 2 is 2.24 bits per heavy atom. The van der Waals surface area contributed by atoms with Gasteiger partial charge in [0.1, 0.15) is 5.37 Å². The summed E-state index contributed by atoms with van der Waals surface area (Å²) in [4.78, 5) is 1.94. The summed E-state index contributed by atoms with van der Waals surface area (Å²) in [6.07, 6.45) is 1.97. The van der Waals surface area contributed by atoms with Crippen LogP contribution in [0.1, 0.15) is 12.5 Å². The van der Waals surface area contributed by atoms with Gasteiger partial charge < -0.3 is 10.6 Å². The summed E-state index contributed by atoms with van der Waals surface area (Å²) in [5, 5.41) is 0.0664. The summed E-state index contributed by atoms with van der Waals surface area (Å²) >= 11 is 8.04. The quantitative estimate of drug-likeness (QED) is 0.903. The van der Waals surface area contributed by atoms with Crippen molar-refractivity contribution in [3.8, 4) is 0 Å². The molecule has 7 heteroatoms. The van der Waals surface area contributed by atoms with Gasteiger partial charge in [-0.15, -0.1) is 0 Å². The minimum atomic E-state index is -3.17. The fourth-order valence-electron chi connectivity index (χ4n) is 2.58. The van der Waals surface area contributed by atoms with Crippen molar-refractivity contribution in [1.82, 2.24) is 0 Å². The summed E-state index contributed by atoms with van der Waals surface area (Å²) in [5.74, 6) is 1.47. The highest BCUT2D eigenvalue weighted by atomic mass is 35.5. The van der Waals surface area contributed by atoms with E-state index >= 15 is 0 Å². The number of nitrogens with two attached hydrogens (primary N) is 1. The second kappa shape index (κ2) is 6.77. The third-order valence-corrected chi connectivity index (χ3v) is 6.43. The van der Waals surface area contributed by atoms with Gasteiger partial charge in [-0.25, -0.2) is 8.42 Å². The second-order valence-corrected chi connectivity index (χ2v) is 9.24. The fraction of sp³-hybridized carbons (Fsp3) is 0.571. The Morgan fingerprint density at radius 1 is 1.52 bits per heavy atom. The van der Waals surface area contributed by atoms with Crippen molar-refractivity contribution in [2.75, 3.05) is 29.2 Å². The van der Waals surface area contributed by atoms with E-state index in [0.717, 1.165) is 17.0 Å². The van der Waals surface area contributed by atoms with Gasteiger partial charge in [0.25, 0.3) is 0 Å². The lowest BCUT2D eigenvalue weighted by Gasteiger charge is -2.37. The highest BCUT2D eigenvalue weighted by Crippen LogP contribution is 2.35. The first kappa shape index (κ1) is 16.9. The SMILES string of the molecule is CC(N)Cc1cccc(Cl)c1N1CCSCC1S(C)(=O)=O. The number of sulfone groups is 1. The molecule has 118 valence electrons. The number of para-hydroxylation sites is 1. The van der Waals surface area contributed by atoms with E-state index in [1.807, 2.05) is 30.0 Å². The van der Waals surface area contributed by atoms with Crippen LogP contribution < -0.4 is 10.6 Å². The van der Waals surface area contributed by atoms with Crippen LogP contribution in [0.15, 0.2) is 18.2 Å². The first-order valence-electron chi connectivity index (χ1n) is 6.87. The van der Waals surface area contributed by atoms with Crippen LogP contribution in [-0.2, 0) is 16.3 Å². The lowest BCUT2D eigenvalue weighted by molar-refractivity contribution is 0.584. The molecule has 0 radical (unpaired) electrons. The molecule has 0 saturated carbocycles. The van der Waals surface area contributed by atoms with E-state index in [1.165, 1.54) is 6.26 Å². The van der Waals surface area contributed by atoms with E-state index in [0.29, 0.717) is 23.7 Å². The molecule has 0 bridgehead atoms. The molecule has 21 heavy (non-hydrogen) atoms. The standard InChI is InChI=1S/C14H21ClN2O2S2/c1-10(16)8-11-4-3-5-12(15)14(11)17-6-7-20-9-13(17)21(2,18)19/h3-5,10,13H,6-9,16H2,1-2H3. The molecule has 0 aliphatic carbocycles. The topological polar surface area (TPSA) is 63.4 Å². The van der Waals surface area contributed by atoms with Gasteiger partial charge in [0, 0.05) is 30.3 Å². The Hall–Kier alpha value is -0.430. The number of hydrogen-bond acceptors (Lipinski definition) is 5. The molecule has 0 aromatic heterocycles. The fourth-order valence-corrected chi connectivity index (χ4v) is 5.71. The molecule has 1 aliphatic rings. The molecule has 2 unspecified atom stereocenters. The summed E-state index contributed by atoms with van der Waals surface area (Å²) in [7, 11) is -3.17. The van der Waals surface area contributed by atoms with Gasteiger partial charge in [-0.3, -0.25) is 0 Å². The van der Waals surface area contributed by atoms with Crippen molar-refractivity contribution in [3.63, 3.8) is 0 Å². The third-order valence-electron chi connectivity index (χ3n) is 3.48. The molecular weight excluding hydrogens is 328 g/mol. The average Bonchev–Trinajstić information content (AvgIpc) is 2.37. The maximum atomic E-state index is 12.1. The molecule has 1 fully saturated rings. The van der Waals surface area contributed by atoms with Gasteiger partial charge in [0.2, 0.25) is 0 Å². The van der Waals surface area contributed by atoms with Crippen LogP contribution in [0.4, 0.5) is 5.69 Å². The summed E-state index contributed by atoms with van der Waals surface area (Å²) in [6, 6.07) is 5.67.